The van der Waals surface area contributed by atoms with Crippen LogP contribution < -0.4 is 4.72 Å². The topological polar surface area (TPSA) is 142 Å². The standard InChI is InChI=1S/C14H15Cl3N2O8S/c1-3-26-12(21)13(2,18-28(24,25)27-8-14(15,16)17)11(20)9-5-4-6-10(7-9)19(22)23/h4-7,18H,3,8H2,1-2H3. The zero-order valence-corrected chi connectivity index (χ0v) is 17.6. The molecule has 156 valence electrons. The number of Topliss-reactive ketones (excluding diaryl/α,β-unsaturated/α-hetero) is 1. The molecular weight excluding hydrogens is 463 g/mol. The molecule has 0 spiro atoms. The van der Waals surface area contributed by atoms with Gasteiger partial charge in [0.1, 0.15) is 6.61 Å². The summed E-state index contributed by atoms with van der Waals surface area (Å²) in [5, 5.41) is 10.9. The number of nitro benzene ring substituents is 1. The fourth-order valence-corrected chi connectivity index (χ4v) is 3.35. The lowest BCUT2D eigenvalue weighted by Crippen LogP contribution is -2.59. The van der Waals surface area contributed by atoms with Gasteiger partial charge in [0.2, 0.25) is 3.79 Å². The molecular formula is C14H15Cl3N2O8S. The van der Waals surface area contributed by atoms with Crippen molar-refractivity contribution in [3.05, 3.63) is 39.9 Å². The van der Waals surface area contributed by atoms with Crippen molar-refractivity contribution in [3.8, 4) is 0 Å². The number of halogens is 3. The highest BCUT2D eigenvalue weighted by Crippen LogP contribution is 2.27. The quantitative estimate of drug-likeness (QED) is 0.143. The third-order valence-corrected chi connectivity index (χ3v) is 4.58. The highest BCUT2D eigenvalue weighted by atomic mass is 35.6. The van der Waals surface area contributed by atoms with Gasteiger partial charge in [-0.05, 0) is 13.8 Å². The van der Waals surface area contributed by atoms with E-state index in [9.17, 15) is 28.1 Å². The predicted molar refractivity (Wildman–Crippen MR) is 101 cm³/mol. The van der Waals surface area contributed by atoms with Gasteiger partial charge in [-0.25, -0.2) is 4.79 Å². The number of carbonyl (C=O) groups excluding carboxylic acids is 2. The van der Waals surface area contributed by atoms with E-state index in [0.29, 0.717) is 0 Å². The highest BCUT2D eigenvalue weighted by Gasteiger charge is 2.47. The molecule has 0 heterocycles. The summed E-state index contributed by atoms with van der Waals surface area (Å²) in [4.78, 5) is 35.3. The second-order valence-electron chi connectivity index (χ2n) is 5.42. The summed E-state index contributed by atoms with van der Waals surface area (Å²) in [7, 11) is -4.77. The number of nitrogens with one attached hydrogen (secondary N) is 1. The summed E-state index contributed by atoms with van der Waals surface area (Å²) in [5.41, 5.74) is -3.25. The van der Waals surface area contributed by atoms with Crippen LogP contribution in [0.25, 0.3) is 0 Å². The van der Waals surface area contributed by atoms with Gasteiger partial charge >= 0.3 is 16.3 Å². The average molecular weight is 478 g/mol. The van der Waals surface area contributed by atoms with Crippen molar-refractivity contribution in [2.75, 3.05) is 13.2 Å². The predicted octanol–water partition coefficient (Wildman–Crippen LogP) is 2.32. The smallest absolute Gasteiger partial charge is 0.337 e. The zero-order chi connectivity index (χ0) is 21.8. The van der Waals surface area contributed by atoms with E-state index < -0.39 is 48.6 Å². The number of rotatable bonds is 9. The zero-order valence-electron chi connectivity index (χ0n) is 14.5. The molecule has 1 aromatic rings. The normalized spacial score (nSPS) is 14.2. The summed E-state index contributed by atoms with van der Waals surface area (Å²) < 4.78 is 33.2. The number of hydrogen-bond acceptors (Lipinski definition) is 8. The Morgan fingerprint density at radius 1 is 1.29 bits per heavy atom. The number of carbonyl (C=O) groups is 2. The van der Waals surface area contributed by atoms with Crippen LogP contribution in [0.3, 0.4) is 0 Å². The Hall–Kier alpha value is -1.50. The summed E-state index contributed by atoms with van der Waals surface area (Å²) in [6, 6.07) is 4.37. The first-order valence-electron chi connectivity index (χ1n) is 7.43. The number of hydrogen-bond donors (Lipinski definition) is 1. The van der Waals surface area contributed by atoms with E-state index in [1.165, 1.54) is 19.1 Å². The third-order valence-electron chi connectivity index (χ3n) is 3.16. The van der Waals surface area contributed by atoms with Crippen molar-refractivity contribution in [2.24, 2.45) is 0 Å². The minimum Gasteiger partial charge on any atom is -0.464 e. The van der Waals surface area contributed by atoms with E-state index in [1.54, 1.807) is 4.72 Å². The van der Waals surface area contributed by atoms with Crippen molar-refractivity contribution in [1.29, 1.82) is 0 Å². The molecule has 0 bridgehead atoms. The van der Waals surface area contributed by atoms with Crippen LogP contribution in [0.2, 0.25) is 0 Å². The molecule has 1 rings (SSSR count). The lowest BCUT2D eigenvalue weighted by molar-refractivity contribution is -0.384. The number of nitro groups is 1. The number of esters is 1. The summed E-state index contributed by atoms with van der Waals surface area (Å²) in [6.45, 7) is 1.27. The van der Waals surface area contributed by atoms with E-state index in [1.807, 2.05) is 0 Å². The van der Waals surface area contributed by atoms with E-state index >= 15 is 0 Å². The maximum atomic E-state index is 12.9. The van der Waals surface area contributed by atoms with Crippen LogP contribution >= 0.6 is 34.8 Å². The van der Waals surface area contributed by atoms with Gasteiger partial charge < -0.3 is 4.74 Å². The Bertz CT molecular complexity index is 872. The lowest BCUT2D eigenvalue weighted by atomic mass is 9.92. The van der Waals surface area contributed by atoms with Crippen molar-refractivity contribution in [2.45, 2.75) is 23.2 Å². The second-order valence-corrected chi connectivity index (χ2v) is 9.28. The first-order valence-corrected chi connectivity index (χ1v) is 9.97. The summed E-state index contributed by atoms with van der Waals surface area (Å²) in [6.07, 6.45) is 0. The summed E-state index contributed by atoms with van der Waals surface area (Å²) in [5.74, 6) is -2.37. The van der Waals surface area contributed by atoms with Gasteiger partial charge in [-0.3, -0.25) is 19.1 Å². The number of alkyl halides is 3. The van der Waals surface area contributed by atoms with Crippen LogP contribution in [0.15, 0.2) is 24.3 Å². The molecule has 1 unspecified atom stereocenters. The van der Waals surface area contributed by atoms with Crippen molar-refractivity contribution >= 4 is 62.5 Å². The van der Waals surface area contributed by atoms with Crippen LogP contribution in [-0.2, 0) is 24.0 Å². The molecule has 14 heteroatoms. The fraction of sp³-hybridized carbons (Fsp3) is 0.429. The fourth-order valence-electron chi connectivity index (χ4n) is 1.93. The Morgan fingerprint density at radius 2 is 1.89 bits per heavy atom. The second kappa shape index (κ2) is 9.33. The van der Waals surface area contributed by atoms with Gasteiger partial charge in [-0.1, -0.05) is 46.9 Å². The van der Waals surface area contributed by atoms with Crippen molar-refractivity contribution in [1.82, 2.24) is 4.72 Å². The molecule has 10 nitrogen and oxygen atoms in total. The van der Waals surface area contributed by atoms with E-state index in [-0.39, 0.29) is 12.2 Å². The molecule has 1 aromatic carbocycles. The molecule has 0 saturated heterocycles. The van der Waals surface area contributed by atoms with Gasteiger partial charge in [0.25, 0.3) is 5.69 Å². The maximum absolute atomic E-state index is 12.9. The van der Waals surface area contributed by atoms with Crippen LogP contribution in [0, 0.1) is 10.1 Å². The van der Waals surface area contributed by atoms with Gasteiger partial charge in [0.15, 0.2) is 11.3 Å². The summed E-state index contributed by atoms with van der Waals surface area (Å²) >= 11 is 16.3. The Morgan fingerprint density at radius 3 is 2.39 bits per heavy atom. The van der Waals surface area contributed by atoms with Crippen LogP contribution in [0.4, 0.5) is 5.69 Å². The molecule has 0 radical (unpaired) electrons. The number of benzene rings is 1. The highest BCUT2D eigenvalue weighted by molar-refractivity contribution is 7.84. The Labute approximate surface area is 175 Å². The first-order chi connectivity index (χ1) is 12.7. The maximum Gasteiger partial charge on any atom is 0.337 e. The van der Waals surface area contributed by atoms with E-state index in [2.05, 4.69) is 4.18 Å². The molecule has 0 aliphatic rings. The van der Waals surface area contributed by atoms with E-state index in [0.717, 1.165) is 19.1 Å². The molecule has 1 N–H and O–H groups in total. The monoisotopic (exact) mass is 476 g/mol. The third kappa shape index (κ3) is 6.83. The molecule has 0 amide bonds. The minimum atomic E-state index is -4.77. The molecule has 0 fully saturated rings. The number of ether oxygens (including phenoxy) is 1. The minimum absolute atomic E-state index is 0.173. The SMILES string of the molecule is CCOC(=O)C(C)(NS(=O)(=O)OCC(Cl)(Cl)Cl)C(=O)c1cccc([N+](=O)[O-])c1. The van der Waals surface area contributed by atoms with Gasteiger partial charge in [-0.2, -0.15) is 13.1 Å². The van der Waals surface area contributed by atoms with E-state index in [4.69, 9.17) is 39.5 Å². The molecule has 0 aromatic heterocycles. The Kier molecular flexibility index (Phi) is 8.18. The molecule has 0 saturated carbocycles. The van der Waals surface area contributed by atoms with Crippen molar-refractivity contribution in [3.63, 3.8) is 0 Å². The molecule has 0 aliphatic carbocycles. The van der Waals surface area contributed by atoms with Crippen LogP contribution in [-0.4, -0.2) is 47.6 Å². The lowest BCUT2D eigenvalue weighted by Gasteiger charge is -2.26. The van der Waals surface area contributed by atoms with Crippen molar-refractivity contribution < 1.29 is 31.9 Å². The Balaban J connectivity index is 3.30. The van der Waals surface area contributed by atoms with Gasteiger partial charge in [-0.15, -0.1) is 0 Å². The first kappa shape index (κ1) is 24.5. The van der Waals surface area contributed by atoms with Crippen LogP contribution in [0.1, 0.15) is 24.2 Å². The molecule has 0 aliphatic heterocycles. The van der Waals surface area contributed by atoms with Gasteiger partial charge in [0.05, 0.1) is 11.5 Å². The van der Waals surface area contributed by atoms with Gasteiger partial charge in [0, 0.05) is 17.7 Å². The average Bonchev–Trinajstić information content (AvgIpc) is 2.58. The van der Waals surface area contributed by atoms with Crippen LogP contribution in [0.5, 0.6) is 0 Å². The number of nitrogens with zero attached hydrogens (tertiary/aromatic N) is 1. The molecule has 28 heavy (non-hydrogen) atoms. The molecule has 1 atom stereocenters. The number of ketones is 1. The largest absolute Gasteiger partial charge is 0.464 e. The number of non-ortho nitro benzene ring substituents is 1.